The molecular formula is C18H26ClNO3. The maximum Gasteiger partial charge on any atom is 0.0900 e. The summed E-state index contributed by atoms with van der Waals surface area (Å²) in [6, 6.07) is 8.42. The number of aliphatic hydroxyl groups is 1. The zero-order chi connectivity index (χ0) is 16.1. The molecule has 1 N–H and O–H groups in total. The van der Waals surface area contributed by atoms with Gasteiger partial charge in [-0.25, -0.2) is 0 Å². The van der Waals surface area contributed by atoms with Gasteiger partial charge in [0.2, 0.25) is 0 Å². The Balaban J connectivity index is 1.49. The summed E-state index contributed by atoms with van der Waals surface area (Å²) in [5, 5.41) is 11.1. The Morgan fingerprint density at radius 3 is 2.91 bits per heavy atom. The smallest absolute Gasteiger partial charge is 0.0900 e. The van der Waals surface area contributed by atoms with Crippen LogP contribution in [0.2, 0.25) is 5.02 Å². The first-order valence-corrected chi connectivity index (χ1v) is 8.97. The number of likely N-dealkylation sites (tertiary alicyclic amines) is 1. The van der Waals surface area contributed by atoms with Crippen molar-refractivity contribution < 1.29 is 14.6 Å². The van der Waals surface area contributed by atoms with Gasteiger partial charge in [0.05, 0.1) is 18.8 Å². The third-order valence-corrected chi connectivity index (χ3v) is 4.97. The molecule has 0 amide bonds. The summed E-state index contributed by atoms with van der Waals surface area (Å²) in [6.45, 7) is 3.61. The summed E-state index contributed by atoms with van der Waals surface area (Å²) < 4.78 is 11.2. The van der Waals surface area contributed by atoms with Crippen molar-refractivity contribution in [2.75, 3.05) is 32.9 Å². The van der Waals surface area contributed by atoms with E-state index in [4.69, 9.17) is 21.1 Å². The molecule has 2 unspecified atom stereocenters. The largest absolute Gasteiger partial charge is 0.389 e. The van der Waals surface area contributed by atoms with Crippen LogP contribution < -0.4 is 0 Å². The molecule has 1 aromatic rings. The van der Waals surface area contributed by atoms with Crippen molar-refractivity contribution in [3.8, 4) is 0 Å². The van der Waals surface area contributed by atoms with E-state index in [1.807, 2.05) is 18.2 Å². The highest BCUT2D eigenvalue weighted by molar-refractivity contribution is 6.30. The van der Waals surface area contributed by atoms with Crippen LogP contribution in [-0.2, 0) is 9.47 Å². The van der Waals surface area contributed by atoms with Crippen molar-refractivity contribution in [2.24, 2.45) is 0 Å². The van der Waals surface area contributed by atoms with Crippen LogP contribution in [0.5, 0.6) is 0 Å². The van der Waals surface area contributed by atoms with Crippen molar-refractivity contribution in [1.29, 1.82) is 0 Å². The van der Waals surface area contributed by atoms with E-state index in [1.54, 1.807) is 0 Å². The van der Waals surface area contributed by atoms with Gasteiger partial charge < -0.3 is 14.6 Å². The van der Waals surface area contributed by atoms with Crippen molar-refractivity contribution in [2.45, 2.75) is 43.9 Å². The molecule has 4 nitrogen and oxygen atoms in total. The van der Waals surface area contributed by atoms with Crippen LogP contribution in [0.1, 0.15) is 37.3 Å². The predicted molar refractivity (Wildman–Crippen MR) is 90.8 cm³/mol. The molecule has 3 rings (SSSR count). The molecule has 2 saturated heterocycles. The summed E-state index contributed by atoms with van der Waals surface area (Å²) in [5.74, 6) is 0. The molecule has 2 aliphatic heterocycles. The molecule has 5 heteroatoms. The van der Waals surface area contributed by atoms with Gasteiger partial charge in [-0.1, -0.05) is 23.7 Å². The van der Waals surface area contributed by atoms with Crippen LogP contribution in [0.4, 0.5) is 0 Å². The summed E-state index contributed by atoms with van der Waals surface area (Å²) in [7, 11) is 0. The second-order valence-electron chi connectivity index (χ2n) is 6.51. The fourth-order valence-corrected chi connectivity index (χ4v) is 3.75. The predicted octanol–water partition coefficient (Wildman–Crippen LogP) is 3.03. The number of halogens is 1. The fraction of sp³-hybridized carbons (Fsp3) is 0.667. The Kier molecular flexibility index (Phi) is 6.31. The monoisotopic (exact) mass is 339 g/mol. The first-order chi connectivity index (χ1) is 11.2. The minimum atomic E-state index is -0.447. The number of hydrogen-bond donors (Lipinski definition) is 1. The second-order valence-corrected chi connectivity index (χ2v) is 6.94. The molecule has 0 saturated carbocycles. The van der Waals surface area contributed by atoms with Crippen molar-refractivity contribution in [3.05, 3.63) is 34.9 Å². The number of benzene rings is 1. The molecule has 0 aliphatic carbocycles. The third kappa shape index (κ3) is 4.91. The molecule has 2 fully saturated rings. The lowest BCUT2D eigenvalue weighted by Gasteiger charge is -2.28. The van der Waals surface area contributed by atoms with Gasteiger partial charge in [0.1, 0.15) is 0 Å². The van der Waals surface area contributed by atoms with Gasteiger partial charge >= 0.3 is 0 Å². The van der Waals surface area contributed by atoms with Gasteiger partial charge in [-0.2, -0.15) is 0 Å². The highest BCUT2D eigenvalue weighted by atomic mass is 35.5. The van der Waals surface area contributed by atoms with Crippen LogP contribution >= 0.6 is 11.6 Å². The summed E-state index contributed by atoms with van der Waals surface area (Å²) in [4.78, 5) is 2.35. The molecule has 0 spiro atoms. The number of hydrogen-bond acceptors (Lipinski definition) is 4. The average Bonchev–Trinajstić information content (AvgIpc) is 3.02. The summed E-state index contributed by atoms with van der Waals surface area (Å²) >= 11 is 6.11. The van der Waals surface area contributed by atoms with Crippen molar-refractivity contribution in [1.82, 2.24) is 4.90 Å². The second kappa shape index (κ2) is 8.45. The molecule has 0 bridgehead atoms. The molecule has 1 aromatic carbocycles. The Bertz CT molecular complexity index is 493. The molecule has 0 aromatic heterocycles. The maximum atomic E-state index is 10.3. The highest BCUT2D eigenvalue weighted by Gasteiger charge is 2.28. The number of rotatable bonds is 6. The van der Waals surface area contributed by atoms with Gasteiger partial charge in [-0.15, -0.1) is 0 Å². The zero-order valence-electron chi connectivity index (χ0n) is 13.5. The standard InChI is InChI=1S/C18H26ClNO3/c19-15-4-1-3-14(11-15)18-5-2-8-20(18)12-16(21)13-23-17-6-9-22-10-7-17/h1,3-4,11,16-18,21H,2,5-10,12-13H2. The number of aliphatic hydroxyl groups excluding tert-OH is 1. The van der Waals surface area contributed by atoms with Gasteiger partial charge in [0, 0.05) is 30.8 Å². The quantitative estimate of drug-likeness (QED) is 0.865. The van der Waals surface area contributed by atoms with Crippen LogP contribution in [0, 0.1) is 0 Å². The Hall–Kier alpha value is -0.650. The van der Waals surface area contributed by atoms with E-state index in [0.29, 0.717) is 19.2 Å². The van der Waals surface area contributed by atoms with Gasteiger partial charge in [-0.05, 0) is 49.9 Å². The first kappa shape index (κ1) is 17.2. The zero-order valence-corrected chi connectivity index (χ0v) is 14.3. The number of nitrogens with zero attached hydrogens (tertiary/aromatic N) is 1. The average molecular weight is 340 g/mol. The molecule has 0 radical (unpaired) electrons. The lowest BCUT2D eigenvalue weighted by molar-refractivity contribution is -0.0647. The minimum Gasteiger partial charge on any atom is -0.389 e. The topological polar surface area (TPSA) is 41.9 Å². The Morgan fingerprint density at radius 1 is 1.30 bits per heavy atom. The Labute approximate surface area is 143 Å². The maximum absolute atomic E-state index is 10.3. The third-order valence-electron chi connectivity index (χ3n) is 4.74. The number of β-amino-alcohol motifs (C(OH)–C–C–N with tert-alkyl or cyclic N) is 1. The van der Waals surface area contributed by atoms with Crippen molar-refractivity contribution >= 4 is 11.6 Å². The molecule has 23 heavy (non-hydrogen) atoms. The minimum absolute atomic E-state index is 0.237. The van der Waals surface area contributed by atoms with E-state index < -0.39 is 6.10 Å². The highest BCUT2D eigenvalue weighted by Crippen LogP contribution is 2.33. The molecule has 2 heterocycles. The van der Waals surface area contributed by atoms with Crippen LogP contribution in [-0.4, -0.2) is 55.1 Å². The first-order valence-electron chi connectivity index (χ1n) is 8.59. The van der Waals surface area contributed by atoms with E-state index >= 15 is 0 Å². The van der Waals surface area contributed by atoms with Crippen LogP contribution in [0.15, 0.2) is 24.3 Å². The summed E-state index contributed by atoms with van der Waals surface area (Å²) in [6.07, 6.45) is 3.93. The lowest BCUT2D eigenvalue weighted by Crippen LogP contribution is -2.36. The van der Waals surface area contributed by atoms with Gasteiger partial charge in [0.25, 0.3) is 0 Å². The lowest BCUT2D eigenvalue weighted by atomic mass is 10.0. The molecule has 2 atom stereocenters. The van der Waals surface area contributed by atoms with Crippen molar-refractivity contribution in [3.63, 3.8) is 0 Å². The van der Waals surface area contributed by atoms with E-state index in [-0.39, 0.29) is 6.10 Å². The number of ether oxygens (including phenoxy) is 2. The van der Waals surface area contributed by atoms with Gasteiger partial charge in [0.15, 0.2) is 0 Å². The Morgan fingerprint density at radius 2 is 2.13 bits per heavy atom. The SMILES string of the molecule is OC(COC1CCOCC1)CN1CCCC1c1cccc(Cl)c1. The van der Waals surface area contributed by atoms with E-state index in [0.717, 1.165) is 50.5 Å². The van der Waals surface area contributed by atoms with Gasteiger partial charge in [-0.3, -0.25) is 4.90 Å². The normalized spacial score (nSPS) is 24.9. The fourth-order valence-electron chi connectivity index (χ4n) is 3.55. The molecule has 128 valence electrons. The molecular weight excluding hydrogens is 314 g/mol. The van der Waals surface area contributed by atoms with E-state index in [9.17, 15) is 5.11 Å². The molecule has 2 aliphatic rings. The summed E-state index contributed by atoms with van der Waals surface area (Å²) in [5.41, 5.74) is 1.24. The van der Waals surface area contributed by atoms with E-state index in [1.165, 1.54) is 5.56 Å². The van der Waals surface area contributed by atoms with Crippen LogP contribution in [0.3, 0.4) is 0 Å². The van der Waals surface area contributed by atoms with E-state index in [2.05, 4.69) is 11.0 Å². The van der Waals surface area contributed by atoms with Crippen LogP contribution in [0.25, 0.3) is 0 Å².